The van der Waals surface area contributed by atoms with Crippen molar-refractivity contribution in [1.29, 1.82) is 0 Å². The highest BCUT2D eigenvalue weighted by Gasteiger charge is 2.33. The molecule has 2 nitrogen and oxygen atoms in total. The van der Waals surface area contributed by atoms with Gasteiger partial charge in [-0.3, -0.25) is 0 Å². The minimum atomic E-state index is 0.513. The van der Waals surface area contributed by atoms with E-state index in [1.54, 1.807) is 0 Å². The Balaban J connectivity index is 2.26. The summed E-state index contributed by atoms with van der Waals surface area (Å²) in [5.41, 5.74) is 2.99. The molecule has 0 saturated carbocycles. The minimum Gasteiger partial charge on any atom is -0.310 e. The summed E-state index contributed by atoms with van der Waals surface area (Å²) in [6.45, 7) is 4.44. The molecule has 0 aliphatic heterocycles. The molecule has 0 saturated heterocycles. The summed E-state index contributed by atoms with van der Waals surface area (Å²) in [7, 11) is 4.34. The molecule has 0 fully saturated rings. The van der Waals surface area contributed by atoms with Crippen LogP contribution in [0.15, 0.2) is 24.3 Å². The normalized spacial score (nSPS) is 24.1. The molecule has 0 unspecified atom stereocenters. The van der Waals surface area contributed by atoms with Gasteiger partial charge in [-0.15, -0.1) is 0 Å². The summed E-state index contributed by atoms with van der Waals surface area (Å²) in [4.78, 5) is 2.33. The van der Waals surface area contributed by atoms with E-state index in [9.17, 15) is 0 Å². The van der Waals surface area contributed by atoms with Gasteiger partial charge in [0.1, 0.15) is 0 Å². The lowest BCUT2D eigenvalue weighted by molar-refractivity contribution is 0.238. The van der Waals surface area contributed by atoms with Crippen LogP contribution in [0.25, 0.3) is 0 Å². The van der Waals surface area contributed by atoms with Gasteiger partial charge < -0.3 is 10.2 Å². The van der Waals surface area contributed by atoms with Crippen molar-refractivity contribution in [3.8, 4) is 0 Å². The molecule has 16 heavy (non-hydrogen) atoms. The predicted octanol–water partition coefficient (Wildman–Crippen LogP) is 2.21. The average molecular weight is 218 g/mol. The van der Waals surface area contributed by atoms with Gasteiger partial charge in [0.15, 0.2) is 0 Å². The number of hydrogen-bond donors (Lipinski definition) is 1. The van der Waals surface area contributed by atoms with E-state index >= 15 is 0 Å². The zero-order valence-electron chi connectivity index (χ0n) is 10.7. The van der Waals surface area contributed by atoms with Gasteiger partial charge in [-0.05, 0) is 31.6 Å². The first kappa shape index (κ1) is 11.6. The Morgan fingerprint density at radius 1 is 1.25 bits per heavy atom. The van der Waals surface area contributed by atoms with E-state index in [2.05, 4.69) is 62.4 Å². The van der Waals surface area contributed by atoms with Crippen LogP contribution in [0.2, 0.25) is 0 Å². The molecule has 2 heteroatoms. The Kier molecular flexibility index (Phi) is 3.31. The first-order valence-electron chi connectivity index (χ1n) is 6.10. The predicted molar refractivity (Wildman–Crippen MR) is 68.6 cm³/mol. The number of nitrogens with one attached hydrogen (secondary N) is 1. The fourth-order valence-electron chi connectivity index (χ4n) is 2.79. The van der Waals surface area contributed by atoms with E-state index < -0.39 is 0 Å². The molecule has 2 atom stereocenters. The monoisotopic (exact) mass is 218 g/mol. The first-order valence-corrected chi connectivity index (χ1v) is 6.10. The Hall–Kier alpha value is -0.860. The Morgan fingerprint density at radius 3 is 2.56 bits per heavy atom. The minimum absolute atomic E-state index is 0.513. The number of hydrogen-bond acceptors (Lipinski definition) is 2. The van der Waals surface area contributed by atoms with E-state index in [0.717, 1.165) is 6.42 Å². The van der Waals surface area contributed by atoms with E-state index in [1.165, 1.54) is 11.1 Å². The van der Waals surface area contributed by atoms with Gasteiger partial charge in [-0.2, -0.15) is 0 Å². The Labute approximate surface area is 98.7 Å². The second kappa shape index (κ2) is 4.56. The van der Waals surface area contributed by atoms with Gasteiger partial charge in [0, 0.05) is 12.1 Å². The maximum atomic E-state index is 3.68. The smallest absolute Gasteiger partial charge is 0.0502 e. The number of rotatable bonds is 3. The van der Waals surface area contributed by atoms with Crippen LogP contribution in [0.5, 0.6) is 0 Å². The summed E-state index contributed by atoms with van der Waals surface area (Å²) < 4.78 is 0. The molecule has 0 heterocycles. The average Bonchev–Trinajstić information content (AvgIpc) is 2.53. The standard InChI is InChI=1S/C14H22N2/c1-10(2)15-13-9-11-7-5-6-8-12(11)14(13)16(3)4/h5-8,10,13-15H,9H2,1-4H3/t13-,14+/m0/s1. The van der Waals surface area contributed by atoms with Crippen LogP contribution >= 0.6 is 0 Å². The fourth-order valence-corrected chi connectivity index (χ4v) is 2.79. The highest BCUT2D eigenvalue weighted by molar-refractivity contribution is 5.37. The van der Waals surface area contributed by atoms with Gasteiger partial charge in [0.05, 0.1) is 6.04 Å². The van der Waals surface area contributed by atoms with Crippen molar-refractivity contribution in [2.75, 3.05) is 14.1 Å². The van der Waals surface area contributed by atoms with Crippen LogP contribution in [0, 0.1) is 0 Å². The number of nitrogens with zero attached hydrogens (tertiary/aromatic N) is 1. The van der Waals surface area contributed by atoms with Crippen LogP contribution in [0.1, 0.15) is 31.0 Å². The lowest BCUT2D eigenvalue weighted by atomic mass is 10.1. The molecule has 2 rings (SSSR count). The molecular formula is C14H22N2. The molecule has 88 valence electrons. The number of fused-ring (bicyclic) bond motifs is 1. The van der Waals surface area contributed by atoms with Crippen molar-refractivity contribution in [3.63, 3.8) is 0 Å². The van der Waals surface area contributed by atoms with Crippen molar-refractivity contribution in [1.82, 2.24) is 10.2 Å². The molecule has 1 aliphatic carbocycles. The molecular weight excluding hydrogens is 196 g/mol. The fraction of sp³-hybridized carbons (Fsp3) is 0.571. The maximum Gasteiger partial charge on any atom is 0.0502 e. The van der Waals surface area contributed by atoms with Crippen LogP contribution in [0.4, 0.5) is 0 Å². The lowest BCUT2D eigenvalue weighted by Crippen LogP contribution is -2.42. The molecule has 0 aromatic heterocycles. The molecule has 0 radical (unpaired) electrons. The van der Waals surface area contributed by atoms with Gasteiger partial charge in [0.2, 0.25) is 0 Å². The van der Waals surface area contributed by atoms with Crippen molar-refractivity contribution in [3.05, 3.63) is 35.4 Å². The van der Waals surface area contributed by atoms with Gasteiger partial charge >= 0.3 is 0 Å². The summed E-state index contributed by atoms with van der Waals surface area (Å²) in [6, 6.07) is 10.4. The quantitative estimate of drug-likeness (QED) is 0.837. The highest BCUT2D eigenvalue weighted by Crippen LogP contribution is 2.34. The zero-order valence-corrected chi connectivity index (χ0v) is 10.7. The lowest BCUT2D eigenvalue weighted by Gasteiger charge is -2.29. The van der Waals surface area contributed by atoms with Gasteiger partial charge in [-0.1, -0.05) is 38.1 Å². The third-order valence-corrected chi connectivity index (χ3v) is 3.30. The second-order valence-electron chi connectivity index (χ2n) is 5.24. The largest absolute Gasteiger partial charge is 0.310 e. The summed E-state index contributed by atoms with van der Waals surface area (Å²) in [5, 5.41) is 3.68. The Morgan fingerprint density at radius 2 is 1.94 bits per heavy atom. The van der Waals surface area contributed by atoms with Crippen LogP contribution < -0.4 is 5.32 Å². The van der Waals surface area contributed by atoms with E-state index in [4.69, 9.17) is 0 Å². The Bertz CT molecular complexity index is 358. The van der Waals surface area contributed by atoms with Crippen LogP contribution in [-0.4, -0.2) is 31.1 Å². The second-order valence-corrected chi connectivity index (χ2v) is 5.24. The summed E-state index contributed by atoms with van der Waals surface area (Å²) in [5.74, 6) is 0. The van der Waals surface area contributed by atoms with Crippen LogP contribution in [0.3, 0.4) is 0 Å². The van der Waals surface area contributed by atoms with Crippen molar-refractivity contribution in [2.45, 2.75) is 38.4 Å². The third-order valence-electron chi connectivity index (χ3n) is 3.30. The maximum absolute atomic E-state index is 3.68. The summed E-state index contributed by atoms with van der Waals surface area (Å²) >= 11 is 0. The molecule has 0 bridgehead atoms. The molecule has 0 spiro atoms. The molecule has 1 aliphatic rings. The van der Waals surface area contributed by atoms with E-state index in [-0.39, 0.29) is 0 Å². The molecule has 0 amide bonds. The summed E-state index contributed by atoms with van der Waals surface area (Å²) in [6.07, 6.45) is 1.15. The first-order chi connectivity index (χ1) is 7.59. The number of benzene rings is 1. The van der Waals surface area contributed by atoms with Gasteiger partial charge in [-0.25, -0.2) is 0 Å². The van der Waals surface area contributed by atoms with Crippen molar-refractivity contribution in [2.24, 2.45) is 0 Å². The molecule has 1 aromatic rings. The zero-order chi connectivity index (χ0) is 11.7. The van der Waals surface area contributed by atoms with Crippen molar-refractivity contribution >= 4 is 0 Å². The topological polar surface area (TPSA) is 15.3 Å². The molecule has 1 aromatic carbocycles. The highest BCUT2D eigenvalue weighted by atomic mass is 15.2. The van der Waals surface area contributed by atoms with E-state index in [0.29, 0.717) is 18.1 Å². The van der Waals surface area contributed by atoms with Crippen molar-refractivity contribution < 1.29 is 0 Å². The SMILES string of the molecule is CC(C)N[C@H]1Cc2ccccc2[C@H]1N(C)C. The molecule has 1 N–H and O–H groups in total. The third kappa shape index (κ3) is 2.13. The van der Waals surface area contributed by atoms with Crippen LogP contribution in [-0.2, 0) is 6.42 Å². The van der Waals surface area contributed by atoms with Gasteiger partial charge in [0.25, 0.3) is 0 Å². The van der Waals surface area contributed by atoms with E-state index in [1.807, 2.05) is 0 Å². The number of likely N-dealkylation sites (N-methyl/N-ethyl adjacent to an activating group) is 1.